The summed E-state index contributed by atoms with van der Waals surface area (Å²) in [7, 11) is 0. The van der Waals surface area contributed by atoms with Gasteiger partial charge in [-0.25, -0.2) is 4.39 Å². The molecule has 0 saturated heterocycles. The molecule has 0 aliphatic rings. The van der Waals surface area contributed by atoms with Crippen molar-refractivity contribution in [1.82, 2.24) is 5.32 Å². The van der Waals surface area contributed by atoms with Crippen LogP contribution in [0.3, 0.4) is 0 Å². The fraction of sp³-hybridized carbons (Fsp3) is 0.500. The molecular weight excluding hydrogens is 247 g/mol. The monoisotopic (exact) mass is 268 g/mol. The second-order valence-corrected chi connectivity index (χ2v) is 4.57. The van der Waals surface area contributed by atoms with Gasteiger partial charge >= 0.3 is 0 Å². The van der Waals surface area contributed by atoms with Gasteiger partial charge in [0.1, 0.15) is 12.4 Å². The number of amides is 1. The van der Waals surface area contributed by atoms with Crippen LogP contribution in [-0.4, -0.2) is 31.7 Å². The number of carbonyl (C=O) groups excluding carboxylic acids is 1. The molecule has 0 aliphatic carbocycles. The van der Waals surface area contributed by atoms with Gasteiger partial charge in [0.25, 0.3) is 0 Å². The maximum absolute atomic E-state index is 12.9. The highest BCUT2D eigenvalue weighted by Gasteiger charge is 2.03. The number of hydrogen-bond acceptors (Lipinski definition) is 3. The molecule has 0 fully saturated rings. The number of hydrogen-bond donors (Lipinski definition) is 2. The number of halogens is 1. The fourth-order valence-electron chi connectivity index (χ4n) is 1.49. The van der Waals surface area contributed by atoms with Gasteiger partial charge < -0.3 is 15.4 Å². The van der Waals surface area contributed by atoms with E-state index in [1.54, 1.807) is 12.1 Å². The molecule has 0 saturated carbocycles. The lowest BCUT2D eigenvalue weighted by molar-refractivity contribution is -0.120. The van der Waals surface area contributed by atoms with Crippen molar-refractivity contribution in [3.63, 3.8) is 0 Å². The summed E-state index contributed by atoms with van der Waals surface area (Å²) in [5, 5.41) is 5.83. The highest BCUT2D eigenvalue weighted by molar-refractivity contribution is 5.91. The number of rotatable bonds is 8. The van der Waals surface area contributed by atoms with Gasteiger partial charge in [-0.1, -0.05) is 19.9 Å². The predicted molar refractivity (Wildman–Crippen MR) is 73.6 cm³/mol. The van der Waals surface area contributed by atoms with Gasteiger partial charge in [-0.3, -0.25) is 4.79 Å². The van der Waals surface area contributed by atoms with E-state index in [-0.39, 0.29) is 18.3 Å². The molecular formula is C14H21FN2O2. The first kappa shape index (κ1) is 15.6. The van der Waals surface area contributed by atoms with E-state index in [2.05, 4.69) is 24.5 Å². The minimum absolute atomic E-state index is 0.0157. The maximum Gasteiger partial charge on any atom is 0.250 e. The molecule has 19 heavy (non-hydrogen) atoms. The van der Waals surface area contributed by atoms with Crippen LogP contribution in [-0.2, 0) is 9.53 Å². The summed E-state index contributed by atoms with van der Waals surface area (Å²) in [6.45, 7) is 5.53. The molecule has 4 nitrogen and oxygen atoms in total. The molecule has 0 radical (unpaired) electrons. The van der Waals surface area contributed by atoms with Crippen molar-refractivity contribution in [3.8, 4) is 0 Å². The summed E-state index contributed by atoms with van der Waals surface area (Å²) in [5.74, 6) is -0.652. The summed E-state index contributed by atoms with van der Waals surface area (Å²) in [5.41, 5.74) is 0.440. The summed E-state index contributed by atoms with van der Waals surface area (Å²) in [6, 6.07) is 6.23. The molecule has 1 rings (SSSR count). The van der Waals surface area contributed by atoms with Crippen LogP contribution in [0.1, 0.15) is 20.3 Å². The summed E-state index contributed by atoms with van der Waals surface area (Å²) in [4.78, 5) is 11.5. The molecule has 1 aromatic rings. The first-order valence-corrected chi connectivity index (χ1v) is 6.44. The Morgan fingerprint density at radius 2 is 2.21 bits per heavy atom. The molecule has 0 bridgehead atoms. The molecule has 1 aromatic carbocycles. The van der Waals surface area contributed by atoms with E-state index < -0.39 is 0 Å². The fourth-order valence-corrected chi connectivity index (χ4v) is 1.49. The van der Waals surface area contributed by atoms with Crippen LogP contribution in [0.5, 0.6) is 0 Å². The Kier molecular flexibility index (Phi) is 7.07. The van der Waals surface area contributed by atoms with Gasteiger partial charge in [-0.15, -0.1) is 0 Å². The second-order valence-electron chi connectivity index (χ2n) is 4.57. The number of carbonyl (C=O) groups is 1. The summed E-state index contributed by atoms with van der Waals surface area (Å²) < 4.78 is 18.1. The predicted octanol–water partition coefficient (Wildman–Crippen LogP) is 2.17. The average molecular weight is 268 g/mol. The minimum Gasteiger partial charge on any atom is -0.372 e. The standard InChI is InChI=1S/C14H21FN2O2/c1-11(2)16-7-4-8-19-10-14(18)17-13-6-3-5-12(15)9-13/h3,5-6,9,11,16H,4,7-8,10H2,1-2H3,(H,17,18). The zero-order chi connectivity index (χ0) is 14.1. The Hall–Kier alpha value is -1.46. The van der Waals surface area contributed by atoms with E-state index in [9.17, 15) is 9.18 Å². The molecule has 5 heteroatoms. The Bertz CT molecular complexity index is 397. The normalized spacial score (nSPS) is 10.7. The SMILES string of the molecule is CC(C)NCCCOCC(=O)Nc1cccc(F)c1. The first-order valence-electron chi connectivity index (χ1n) is 6.44. The van der Waals surface area contributed by atoms with Crippen molar-refractivity contribution in [3.05, 3.63) is 30.1 Å². The third kappa shape index (κ3) is 7.54. The van der Waals surface area contributed by atoms with Crippen LogP contribution in [0.25, 0.3) is 0 Å². The quantitative estimate of drug-likeness (QED) is 0.710. The lowest BCUT2D eigenvalue weighted by Crippen LogP contribution is -2.25. The van der Waals surface area contributed by atoms with Gasteiger partial charge in [-0.05, 0) is 31.2 Å². The first-order chi connectivity index (χ1) is 9.08. The van der Waals surface area contributed by atoms with Gasteiger partial charge in [0, 0.05) is 18.3 Å². The zero-order valence-electron chi connectivity index (χ0n) is 11.4. The summed E-state index contributed by atoms with van der Waals surface area (Å²) in [6.07, 6.45) is 0.853. The van der Waals surface area contributed by atoms with Crippen molar-refractivity contribution < 1.29 is 13.9 Å². The van der Waals surface area contributed by atoms with Crippen molar-refractivity contribution >= 4 is 11.6 Å². The third-order valence-corrected chi connectivity index (χ3v) is 2.36. The van der Waals surface area contributed by atoms with Crippen molar-refractivity contribution in [2.45, 2.75) is 26.3 Å². The average Bonchev–Trinajstić information content (AvgIpc) is 2.33. The number of anilines is 1. The van der Waals surface area contributed by atoms with E-state index in [4.69, 9.17) is 4.74 Å². The van der Waals surface area contributed by atoms with E-state index >= 15 is 0 Å². The largest absolute Gasteiger partial charge is 0.372 e. The van der Waals surface area contributed by atoms with Crippen molar-refractivity contribution in [2.75, 3.05) is 25.1 Å². The van der Waals surface area contributed by atoms with Gasteiger partial charge in [-0.2, -0.15) is 0 Å². The topological polar surface area (TPSA) is 50.4 Å². The van der Waals surface area contributed by atoms with E-state index in [1.807, 2.05) is 0 Å². The second kappa shape index (κ2) is 8.61. The molecule has 2 N–H and O–H groups in total. The van der Waals surface area contributed by atoms with Crippen LogP contribution in [0.2, 0.25) is 0 Å². The molecule has 0 aromatic heterocycles. The zero-order valence-corrected chi connectivity index (χ0v) is 11.4. The van der Waals surface area contributed by atoms with Gasteiger partial charge in [0.05, 0.1) is 0 Å². The van der Waals surface area contributed by atoms with Crippen molar-refractivity contribution in [1.29, 1.82) is 0 Å². The third-order valence-electron chi connectivity index (χ3n) is 2.36. The number of benzene rings is 1. The number of nitrogens with one attached hydrogen (secondary N) is 2. The Balaban J connectivity index is 2.11. The molecule has 106 valence electrons. The van der Waals surface area contributed by atoms with Crippen LogP contribution in [0.4, 0.5) is 10.1 Å². The number of ether oxygens (including phenoxy) is 1. The van der Waals surface area contributed by atoms with Gasteiger partial charge in [0.2, 0.25) is 5.91 Å². The van der Waals surface area contributed by atoms with Crippen LogP contribution in [0.15, 0.2) is 24.3 Å². The maximum atomic E-state index is 12.9. The lowest BCUT2D eigenvalue weighted by Gasteiger charge is -2.08. The Morgan fingerprint density at radius 1 is 1.42 bits per heavy atom. The highest BCUT2D eigenvalue weighted by atomic mass is 19.1. The molecule has 0 heterocycles. The van der Waals surface area contributed by atoms with Crippen LogP contribution >= 0.6 is 0 Å². The Labute approximate surface area is 113 Å². The Morgan fingerprint density at radius 3 is 2.89 bits per heavy atom. The van der Waals surface area contributed by atoms with Crippen LogP contribution in [0, 0.1) is 5.82 Å². The smallest absolute Gasteiger partial charge is 0.250 e. The summed E-state index contributed by atoms with van der Waals surface area (Å²) >= 11 is 0. The van der Waals surface area contributed by atoms with E-state index in [0.717, 1.165) is 13.0 Å². The van der Waals surface area contributed by atoms with Crippen LogP contribution < -0.4 is 10.6 Å². The van der Waals surface area contributed by atoms with Gasteiger partial charge in [0.15, 0.2) is 0 Å². The molecule has 1 amide bonds. The molecule has 0 atom stereocenters. The molecule has 0 aliphatic heterocycles. The van der Waals surface area contributed by atoms with E-state index in [0.29, 0.717) is 18.3 Å². The molecule has 0 unspecified atom stereocenters. The lowest BCUT2D eigenvalue weighted by atomic mass is 10.3. The van der Waals surface area contributed by atoms with Crippen molar-refractivity contribution in [2.24, 2.45) is 0 Å². The highest BCUT2D eigenvalue weighted by Crippen LogP contribution is 2.08. The minimum atomic E-state index is -0.376. The van der Waals surface area contributed by atoms with E-state index in [1.165, 1.54) is 12.1 Å². The molecule has 0 spiro atoms.